The van der Waals surface area contributed by atoms with Crippen LogP contribution in [0.1, 0.15) is 17.3 Å². The highest BCUT2D eigenvalue weighted by molar-refractivity contribution is 5.25. The summed E-state index contributed by atoms with van der Waals surface area (Å²) >= 11 is 0. The summed E-state index contributed by atoms with van der Waals surface area (Å²) in [6, 6.07) is 6.16. The average Bonchev–Trinajstić information content (AvgIpc) is 2.30. The van der Waals surface area contributed by atoms with Crippen molar-refractivity contribution in [3.8, 4) is 6.07 Å². The third kappa shape index (κ3) is 2.14. The Balaban J connectivity index is 2.18. The predicted octanol–water partition coefficient (Wildman–Crippen LogP) is 0.529. The Hall–Kier alpha value is -1.44. The van der Waals surface area contributed by atoms with Crippen molar-refractivity contribution in [2.75, 3.05) is 26.7 Å². The molecule has 1 unspecified atom stereocenters. The number of likely N-dealkylation sites (N-methyl/N-ethyl adjacent to an activating group) is 1. The molecular formula is C11H14N4. The van der Waals surface area contributed by atoms with Gasteiger partial charge >= 0.3 is 0 Å². The minimum absolute atomic E-state index is 0.374. The fraction of sp³-hybridized carbons (Fsp3) is 0.455. The second-order valence-electron chi connectivity index (χ2n) is 3.79. The first-order chi connectivity index (χ1) is 7.31. The minimum atomic E-state index is 0.374. The van der Waals surface area contributed by atoms with E-state index >= 15 is 0 Å². The molecule has 2 heterocycles. The third-order valence-electron chi connectivity index (χ3n) is 2.80. The van der Waals surface area contributed by atoms with Crippen LogP contribution in [0, 0.1) is 11.3 Å². The fourth-order valence-electron chi connectivity index (χ4n) is 1.85. The summed E-state index contributed by atoms with van der Waals surface area (Å²) in [6.07, 6.45) is 1.80. The van der Waals surface area contributed by atoms with Crippen molar-refractivity contribution < 1.29 is 0 Å². The number of aromatic nitrogens is 1. The summed E-state index contributed by atoms with van der Waals surface area (Å²) < 4.78 is 0. The zero-order valence-electron chi connectivity index (χ0n) is 8.77. The van der Waals surface area contributed by atoms with E-state index in [9.17, 15) is 0 Å². The summed E-state index contributed by atoms with van der Waals surface area (Å²) in [6.45, 7) is 3.03. The van der Waals surface area contributed by atoms with Crippen molar-refractivity contribution in [3.63, 3.8) is 0 Å². The van der Waals surface area contributed by atoms with Crippen LogP contribution < -0.4 is 5.32 Å². The largest absolute Gasteiger partial charge is 0.314 e. The first-order valence-corrected chi connectivity index (χ1v) is 5.08. The molecule has 1 aromatic heterocycles. The van der Waals surface area contributed by atoms with Gasteiger partial charge in [0.15, 0.2) is 0 Å². The zero-order valence-corrected chi connectivity index (χ0v) is 8.77. The number of nitrogens with zero attached hydrogens (tertiary/aromatic N) is 3. The van der Waals surface area contributed by atoms with Crippen LogP contribution in [0.5, 0.6) is 0 Å². The molecule has 1 aromatic rings. The lowest BCUT2D eigenvalue weighted by Gasteiger charge is -2.33. The SMILES string of the molecule is CN1CCNCC1c1ccc(C#N)nc1. The molecule has 4 heteroatoms. The predicted molar refractivity (Wildman–Crippen MR) is 57.2 cm³/mol. The maximum atomic E-state index is 8.66. The number of pyridine rings is 1. The fourth-order valence-corrected chi connectivity index (χ4v) is 1.85. The van der Waals surface area contributed by atoms with E-state index in [1.807, 2.05) is 12.1 Å². The van der Waals surface area contributed by atoms with Crippen molar-refractivity contribution in [3.05, 3.63) is 29.6 Å². The van der Waals surface area contributed by atoms with E-state index in [4.69, 9.17) is 5.26 Å². The highest BCUT2D eigenvalue weighted by Crippen LogP contribution is 2.19. The Morgan fingerprint density at radius 3 is 3.07 bits per heavy atom. The van der Waals surface area contributed by atoms with E-state index < -0.39 is 0 Å². The van der Waals surface area contributed by atoms with Gasteiger partial charge in [0.1, 0.15) is 11.8 Å². The van der Waals surface area contributed by atoms with Gasteiger partial charge < -0.3 is 5.32 Å². The minimum Gasteiger partial charge on any atom is -0.314 e. The highest BCUT2D eigenvalue weighted by Gasteiger charge is 2.20. The van der Waals surface area contributed by atoms with E-state index in [2.05, 4.69) is 22.2 Å². The molecule has 0 bridgehead atoms. The lowest BCUT2D eigenvalue weighted by molar-refractivity contribution is 0.202. The van der Waals surface area contributed by atoms with Gasteiger partial charge in [0.05, 0.1) is 0 Å². The van der Waals surface area contributed by atoms with E-state index in [-0.39, 0.29) is 0 Å². The smallest absolute Gasteiger partial charge is 0.140 e. The standard InChI is InChI=1S/C11H14N4/c1-15-5-4-13-8-11(15)9-2-3-10(6-12)14-7-9/h2-3,7,11,13H,4-5,8H2,1H3. The van der Waals surface area contributed by atoms with Crippen LogP contribution in [-0.4, -0.2) is 36.6 Å². The number of piperazine rings is 1. The molecule has 1 aliphatic heterocycles. The van der Waals surface area contributed by atoms with Crippen LogP contribution in [0.15, 0.2) is 18.3 Å². The van der Waals surface area contributed by atoms with E-state index in [0.29, 0.717) is 11.7 Å². The van der Waals surface area contributed by atoms with Gasteiger partial charge in [0.2, 0.25) is 0 Å². The summed E-state index contributed by atoms with van der Waals surface area (Å²) in [4.78, 5) is 6.40. The average molecular weight is 202 g/mol. The summed E-state index contributed by atoms with van der Waals surface area (Å²) in [7, 11) is 2.11. The molecule has 1 fully saturated rings. The molecule has 78 valence electrons. The van der Waals surface area contributed by atoms with Gasteiger partial charge in [0.25, 0.3) is 0 Å². The maximum Gasteiger partial charge on any atom is 0.140 e. The lowest BCUT2D eigenvalue weighted by atomic mass is 10.1. The molecule has 1 saturated heterocycles. The Morgan fingerprint density at radius 1 is 1.60 bits per heavy atom. The Kier molecular flexibility index (Phi) is 2.95. The zero-order chi connectivity index (χ0) is 10.7. The van der Waals surface area contributed by atoms with Crippen molar-refractivity contribution in [1.82, 2.24) is 15.2 Å². The van der Waals surface area contributed by atoms with Crippen LogP contribution in [-0.2, 0) is 0 Å². The van der Waals surface area contributed by atoms with Gasteiger partial charge in [-0.25, -0.2) is 4.98 Å². The van der Waals surface area contributed by atoms with Crippen LogP contribution in [0.3, 0.4) is 0 Å². The molecule has 1 aliphatic rings. The van der Waals surface area contributed by atoms with Crippen molar-refractivity contribution in [1.29, 1.82) is 5.26 Å². The maximum absolute atomic E-state index is 8.66. The molecule has 1 atom stereocenters. The summed E-state index contributed by atoms with van der Waals surface area (Å²) in [5, 5.41) is 12.0. The topological polar surface area (TPSA) is 52.0 Å². The van der Waals surface area contributed by atoms with Gasteiger partial charge in [0, 0.05) is 31.9 Å². The van der Waals surface area contributed by atoms with Crippen molar-refractivity contribution in [2.45, 2.75) is 6.04 Å². The Morgan fingerprint density at radius 2 is 2.47 bits per heavy atom. The first-order valence-electron chi connectivity index (χ1n) is 5.08. The van der Waals surface area contributed by atoms with Crippen LogP contribution in [0.2, 0.25) is 0 Å². The van der Waals surface area contributed by atoms with Gasteiger partial charge in [-0.3, -0.25) is 4.90 Å². The molecule has 0 aliphatic carbocycles. The normalized spacial score (nSPS) is 22.3. The lowest BCUT2D eigenvalue weighted by Crippen LogP contribution is -2.43. The molecule has 1 N–H and O–H groups in total. The van der Waals surface area contributed by atoms with E-state index in [0.717, 1.165) is 19.6 Å². The second kappa shape index (κ2) is 4.39. The molecule has 0 radical (unpaired) electrons. The first kappa shape index (κ1) is 10.1. The van der Waals surface area contributed by atoms with Gasteiger partial charge in [-0.05, 0) is 18.7 Å². The van der Waals surface area contributed by atoms with Gasteiger partial charge in [-0.1, -0.05) is 6.07 Å². The molecule has 0 aromatic carbocycles. The van der Waals surface area contributed by atoms with Crippen molar-refractivity contribution in [2.24, 2.45) is 0 Å². The number of hydrogen-bond acceptors (Lipinski definition) is 4. The van der Waals surface area contributed by atoms with Crippen LogP contribution in [0.4, 0.5) is 0 Å². The summed E-state index contributed by atoms with van der Waals surface area (Å²) in [5.41, 5.74) is 1.65. The number of rotatable bonds is 1. The van der Waals surface area contributed by atoms with E-state index in [1.165, 1.54) is 5.56 Å². The molecule has 0 amide bonds. The summed E-state index contributed by atoms with van der Waals surface area (Å²) in [5.74, 6) is 0. The highest BCUT2D eigenvalue weighted by atomic mass is 15.2. The quantitative estimate of drug-likeness (QED) is 0.721. The van der Waals surface area contributed by atoms with Crippen LogP contribution >= 0.6 is 0 Å². The molecule has 0 saturated carbocycles. The van der Waals surface area contributed by atoms with Gasteiger partial charge in [-0.15, -0.1) is 0 Å². The Labute approximate surface area is 89.5 Å². The van der Waals surface area contributed by atoms with E-state index in [1.54, 1.807) is 12.3 Å². The molecule has 15 heavy (non-hydrogen) atoms. The molecular weight excluding hydrogens is 188 g/mol. The second-order valence-corrected chi connectivity index (χ2v) is 3.79. The van der Waals surface area contributed by atoms with Crippen molar-refractivity contribution >= 4 is 0 Å². The Bertz CT molecular complexity index is 365. The molecule has 0 spiro atoms. The third-order valence-corrected chi connectivity index (χ3v) is 2.80. The number of nitrogens with one attached hydrogen (secondary N) is 1. The molecule has 4 nitrogen and oxygen atoms in total. The number of nitriles is 1. The number of hydrogen-bond donors (Lipinski definition) is 1. The van der Waals surface area contributed by atoms with Crippen LogP contribution in [0.25, 0.3) is 0 Å². The molecule has 2 rings (SSSR count). The van der Waals surface area contributed by atoms with Gasteiger partial charge in [-0.2, -0.15) is 5.26 Å². The monoisotopic (exact) mass is 202 g/mol.